The molecule has 30 heavy (non-hydrogen) atoms. The SMILES string of the molecule is COc1cccc(CNC(=O)CCCn2c(=O)oc3cc([N+](=O)[O-])ccc32)c1OC. The van der Waals surface area contributed by atoms with Crippen LogP contribution in [-0.4, -0.2) is 29.6 Å². The van der Waals surface area contributed by atoms with Crippen LogP contribution < -0.4 is 20.5 Å². The van der Waals surface area contributed by atoms with Crippen molar-refractivity contribution in [3.63, 3.8) is 0 Å². The lowest BCUT2D eigenvalue weighted by Crippen LogP contribution is -2.24. The number of fused-ring (bicyclic) bond motifs is 1. The number of hydrogen-bond acceptors (Lipinski definition) is 7. The molecule has 0 unspecified atom stereocenters. The number of ether oxygens (including phenoxy) is 2. The fraction of sp³-hybridized carbons (Fsp3) is 0.300. The van der Waals surface area contributed by atoms with E-state index in [1.165, 1.54) is 29.9 Å². The zero-order valence-corrected chi connectivity index (χ0v) is 16.5. The van der Waals surface area contributed by atoms with Crippen LogP contribution in [0.5, 0.6) is 11.5 Å². The summed E-state index contributed by atoms with van der Waals surface area (Å²) in [6.45, 7) is 0.525. The largest absolute Gasteiger partial charge is 0.493 e. The lowest BCUT2D eigenvalue weighted by molar-refractivity contribution is -0.384. The Morgan fingerprint density at radius 1 is 1.23 bits per heavy atom. The normalized spacial score (nSPS) is 10.7. The van der Waals surface area contributed by atoms with Crippen molar-refractivity contribution < 1.29 is 23.6 Å². The molecular weight excluding hydrogens is 394 g/mol. The quantitative estimate of drug-likeness (QED) is 0.420. The van der Waals surface area contributed by atoms with Crippen LogP contribution in [0.3, 0.4) is 0 Å². The predicted octanol–water partition coefficient (Wildman–Crippen LogP) is 2.62. The molecule has 10 nitrogen and oxygen atoms in total. The summed E-state index contributed by atoms with van der Waals surface area (Å²) in [5.41, 5.74) is 1.22. The molecule has 10 heteroatoms. The first-order valence-corrected chi connectivity index (χ1v) is 9.19. The molecule has 158 valence electrons. The topological polar surface area (TPSA) is 126 Å². The highest BCUT2D eigenvalue weighted by molar-refractivity contribution is 5.77. The van der Waals surface area contributed by atoms with Crippen LogP contribution in [0.15, 0.2) is 45.6 Å². The number of carbonyl (C=O) groups is 1. The van der Waals surface area contributed by atoms with Gasteiger partial charge in [-0.3, -0.25) is 19.5 Å². The van der Waals surface area contributed by atoms with Gasteiger partial charge >= 0.3 is 5.76 Å². The molecule has 1 heterocycles. The number of methoxy groups -OCH3 is 2. The Kier molecular flexibility index (Phi) is 6.35. The number of hydrogen-bond donors (Lipinski definition) is 1. The summed E-state index contributed by atoms with van der Waals surface area (Å²) in [7, 11) is 3.07. The van der Waals surface area contributed by atoms with Gasteiger partial charge in [-0.2, -0.15) is 0 Å². The van der Waals surface area contributed by atoms with Gasteiger partial charge in [0.2, 0.25) is 5.91 Å². The highest BCUT2D eigenvalue weighted by Crippen LogP contribution is 2.30. The maximum absolute atomic E-state index is 12.2. The standard InChI is InChI=1S/C20H21N3O7/c1-28-16-6-3-5-13(19(16)29-2)12-21-18(24)7-4-10-22-15-9-8-14(23(26)27)11-17(15)30-20(22)25/h3,5-6,8-9,11H,4,7,10,12H2,1-2H3,(H,21,24). The minimum Gasteiger partial charge on any atom is -0.493 e. The van der Waals surface area contributed by atoms with Crippen molar-refractivity contribution in [1.29, 1.82) is 0 Å². The number of carbonyl (C=O) groups excluding carboxylic acids is 1. The molecule has 0 aliphatic heterocycles. The Labute approximate surface area is 171 Å². The van der Waals surface area contributed by atoms with Crippen molar-refractivity contribution in [2.45, 2.75) is 25.9 Å². The lowest BCUT2D eigenvalue weighted by Gasteiger charge is -2.13. The highest BCUT2D eigenvalue weighted by Gasteiger charge is 2.15. The number of rotatable bonds is 9. The molecule has 3 rings (SSSR count). The van der Waals surface area contributed by atoms with E-state index in [4.69, 9.17) is 13.9 Å². The first kappa shape index (κ1) is 20.9. The third-order valence-electron chi connectivity index (χ3n) is 4.61. The van der Waals surface area contributed by atoms with Gasteiger partial charge in [0.1, 0.15) is 0 Å². The monoisotopic (exact) mass is 415 g/mol. The van der Waals surface area contributed by atoms with Crippen molar-refractivity contribution in [2.24, 2.45) is 0 Å². The second kappa shape index (κ2) is 9.12. The molecule has 0 aliphatic carbocycles. The van der Waals surface area contributed by atoms with Crippen LogP contribution in [0.1, 0.15) is 18.4 Å². The molecule has 0 radical (unpaired) electrons. The van der Waals surface area contributed by atoms with E-state index in [9.17, 15) is 19.7 Å². The van der Waals surface area contributed by atoms with Crippen LogP contribution in [0.2, 0.25) is 0 Å². The minimum atomic E-state index is -0.618. The van der Waals surface area contributed by atoms with Crippen molar-refractivity contribution in [3.05, 3.63) is 62.6 Å². The number of aryl methyl sites for hydroxylation is 1. The average Bonchev–Trinajstić information content (AvgIpc) is 3.06. The maximum Gasteiger partial charge on any atom is 0.419 e. The molecule has 0 saturated heterocycles. The van der Waals surface area contributed by atoms with Gasteiger partial charge in [0.05, 0.1) is 30.7 Å². The summed E-state index contributed by atoms with van der Waals surface area (Å²) in [5.74, 6) is 0.338. The van der Waals surface area contributed by atoms with E-state index in [1.54, 1.807) is 13.2 Å². The summed E-state index contributed by atoms with van der Waals surface area (Å²) in [5, 5.41) is 13.7. The minimum absolute atomic E-state index is 0.142. The van der Waals surface area contributed by atoms with Crippen molar-refractivity contribution in [3.8, 4) is 11.5 Å². The highest BCUT2D eigenvalue weighted by atomic mass is 16.6. The number of oxazole rings is 1. The van der Waals surface area contributed by atoms with Gasteiger partial charge in [0.15, 0.2) is 17.1 Å². The first-order chi connectivity index (χ1) is 14.4. The summed E-state index contributed by atoms with van der Waals surface area (Å²) in [4.78, 5) is 34.5. The van der Waals surface area contributed by atoms with E-state index in [0.717, 1.165) is 5.56 Å². The Bertz CT molecular complexity index is 1130. The molecule has 2 aromatic carbocycles. The van der Waals surface area contributed by atoms with Gasteiger partial charge < -0.3 is 19.2 Å². The van der Waals surface area contributed by atoms with Gasteiger partial charge in [-0.25, -0.2) is 4.79 Å². The summed E-state index contributed by atoms with van der Waals surface area (Å²) in [6, 6.07) is 9.39. The maximum atomic E-state index is 12.2. The number of nitrogens with one attached hydrogen (secondary N) is 1. The van der Waals surface area contributed by atoms with E-state index >= 15 is 0 Å². The van der Waals surface area contributed by atoms with Crippen molar-refractivity contribution in [2.75, 3.05) is 14.2 Å². The molecule has 0 fully saturated rings. The predicted molar refractivity (Wildman–Crippen MR) is 108 cm³/mol. The Hall–Kier alpha value is -3.82. The molecule has 0 aliphatic rings. The average molecular weight is 415 g/mol. The Morgan fingerprint density at radius 3 is 2.73 bits per heavy atom. The molecular formula is C20H21N3O7. The van der Waals surface area contributed by atoms with Crippen LogP contribution in [0.4, 0.5) is 5.69 Å². The molecule has 0 bridgehead atoms. The molecule has 3 aromatic rings. The second-order valence-electron chi connectivity index (χ2n) is 6.46. The number of aromatic nitrogens is 1. The van der Waals surface area contributed by atoms with E-state index in [2.05, 4.69) is 5.32 Å². The number of nitrogens with zero attached hydrogens (tertiary/aromatic N) is 2. The Morgan fingerprint density at radius 2 is 2.03 bits per heavy atom. The summed E-state index contributed by atoms with van der Waals surface area (Å²) < 4.78 is 17.0. The van der Waals surface area contributed by atoms with Crippen LogP contribution in [-0.2, 0) is 17.9 Å². The molecule has 1 N–H and O–H groups in total. The zero-order chi connectivity index (χ0) is 21.7. The van der Waals surface area contributed by atoms with E-state index < -0.39 is 10.7 Å². The van der Waals surface area contributed by atoms with Crippen LogP contribution >= 0.6 is 0 Å². The number of non-ortho nitro benzene ring substituents is 1. The van der Waals surface area contributed by atoms with Gasteiger partial charge in [-0.15, -0.1) is 0 Å². The smallest absolute Gasteiger partial charge is 0.419 e. The number of nitro groups is 1. The zero-order valence-electron chi connectivity index (χ0n) is 16.5. The number of nitro benzene ring substituents is 1. The van der Waals surface area contributed by atoms with Crippen molar-refractivity contribution in [1.82, 2.24) is 9.88 Å². The van der Waals surface area contributed by atoms with Crippen LogP contribution in [0.25, 0.3) is 11.1 Å². The van der Waals surface area contributed by atoms with E-state index in [-0.39, 0.29) is 36.7 Å². The second-order valence-corrected chi connectivity index (χ2v) is 6.46. The molecule has 0 atom stereocenters. The van der Waals surface area contributed by atoms with Gasteiger partial charge in [-0.1, -0.05) is 12.1 Å². The molecule has 1 amide bonds. The third kappa shape index (κ3) is 4.43. The fourth-order valence-corrected chi connectivity index (χ4v) is 3.15. The summed E-state index contributed by atoms with van der Waals surface area (Å²) in [6.07, 6.45) is 0.588. The molecule has 1 aromatic heterocycles. The Balaban J connectivity index is 1.58. The molecule has 0 saturated carbocycles. The number of benzene rings is 2. The fourth-order valence-electron chi connectivity index (χ4n) is 3.15. The van der Waals surface area contributed by atoms with Gasteiger partial charge in [0, 0.05) is 31.1 Å². The van der Waals surface area contributed by atoms with E-state index in [0.29, 0.717) is 23.4 Å². The van der Waals surface area contributed by atoms with Gasteiger partial charge in [0.25, 0.3) is 5.69 Å². The van der Waals surface area contributed by atoms with E-state index in [1.807, 2.05) is 12.1 Å². The first-order valence-electron chi connectivity index (χ1n) is 9.19. The lowest BCUT2D eigenvalue weighted by atomic mass is 10.1. The third-order valence-corrected chi connectivity index (χ3v) is 4.61. The number of para-hydroxylation sites is 1. The summed E-state index contributed by atoms with van der Waals surface area (Å²) >= 11 is 0. The van der Waals surface area contributed by atoms with Crippen molar-refractivity contribution >= 4 is 22.7 Å². The number of amides is 1. The van der Waals surface area contributed by atoms with Gasteiger partial charge in [-0.05, 0) is 18.6 Å². The molecule has 0 spiro atoms. The van der Waals surface area contributed by atoms with Crippen LogP contribution in [0, 0.1) is 10.1 Å².